The highest BCUT2D eigenvalue weighted by Gasteiger charge is 2.33. The van der Waals surface area contributed by atoms with Gasteiger partial charge < -0.3 is 28.7 Å². The molecular weight excluding hydrogens is 945 g/mol. The van der Waals surface area contributed by atoms with Gasteiger partial charge in [0, 0.05) is 105 Å². The molecule has 4 heterocycles. The first-order chi connectivity index (χ1) is 31.6. The molecule has 0 bridgehead atoms. The predicted molar refractivity (Wildman–Crippen MR) is 244 cm³/mol. The number of aromatic nitrogens is 2. The van der Waals surface area contributed by atoms with Crippen LogP contribution in [0.4, 0.5) is 27.8 Å². The molecule has 352 valence electrons. The number of rotatable bonds is 14. The SMILES string of the molecule is COc1ccc(Cc2csc(N3CCN(S(=O)(=O)c4ccc(F)cc4F)CC3)n2)c(OC)c1.COc1ccc(OC)c(Cc2csc(N3CCN(S(=O)(=O)c4ccc(F)cc4F)CC3)n2)c1. The molecule has 6 aromatic rings. The van der Waals surface area contributed by atoms with Gasteiger partial charge in [-0.3, -0.25) is 0 Å². The van der Waals surface area contributed by atoms with Crippen LogP contribution in [0.5, 0.6) is 23.0 Å². The van der Waals surface area contributed by atoms with Gasteiger partial charge >= 0.3 is 0 Å². The topological polar surface area (TPSA) is 144 Å². The smallest absolute Gasteiger partial charge is 0.246 e. The van der Waals surface area contributed by atoms with E-state index in [9.17, 15) is 34.4 Å². The molecule has 2 aromatic heterocycles. The summed E-state index contributed by atoms with van der Waals surface area (Å²) in [6.07, 6.45) is 1.15. The lowest BCUT2D eigenvalue weighted by Gasteiger charge is -2.33. The van der Waals surface area contributed by atoms with Gasteiger partial charge in [-0.05, 0) is 48.5 Å². The third-order valence-electron chi connectivity index (χ3n) is 10.8. The molecule has 4 aromatic carbocycles. The van der Waals surface area contributed by atoms with Crippen LogP contribution in [0.1, 0.15) is 22.5 Å². The molecule has 2 fully saturated rings. The summed E-state index contributed by atoms with van der Waals surface area (Å²) in [6, 6.07) is 16.2. The summed E-state index contributed by atoms with van der Waals surface area (Å²) in [5.41, 5.74) is 3.67. The van der Waals surface area contributed by atoms with Crippen LogP contribution in [0, 0.1) is 23.3 Å². The largest absolute Gasteiger partial charge is 0.497 e. The molecule has 0 spiro atoms. The van der Waals surface area contributed by atoms with Crippen molar-refractivity contribution in [1.82, 2.24) is 18.6 Å². The summed E-state index contributed by atoms with van der Waals surface area (Å²) in [6.45, 7) is 2.38. The Kier molecular flexibility index (Phi) is 15.4. The molecule has 0 amide bonds. The molecule has 14 nitrogen and oxygen atoms in total. The van der Waals surface area contributed by atoms with Gasteiger partial charge in [-0.25, -0.2) is 44.4 Å². The van der Waals surface area contributed by atoms with Crippen molar-refractivity contribution in [3.8, 4) is 23.0 Å². The maximum Gasteiger partial charge on any atom is 0.246 e. The maximum atomic E-state index is 14.0. The number of sulfonamides is 2. The lowest BCUT2D eigenvalue weighted by Crippen LogP contribution is -2.48. The van der Waals surface area contributed by atoms with E-state index in [-0.39, 0.29) is 26.2 Å². The first-order valence-electron chi connectivity index (χ1n) is 20.3. The molecule has 2 aliphatic heterocycles. The summed E-state index contributed by atoms with van der Waals surface area (Å²) in [5, 5.41) is 5.51. The van der Waals surface area contributed by atoms with Crippen LogP contribution in [0.15, 0.2) is 93.3 Å². The van der Waals surface area contributed by atoms with Crippen LogP contribution < -0.4 is 28.7 Å². The standard InChI is InChI=1S/2C22H23F2N3O4S2/c1-30-18-4-5-20(31-2)15(12-18)11-17-14-32-22(25-17)26-7-9-27(10-8-26)33(28,29)21-6-3-16(23)13-19(21)24;1-30-18-5-3-15(20(13-18)31-2)11-17-14-32-22(25-17)26-7-9-27(10-8-26)33(28,29)21-6-4-16(23)12-19(21)24/h2*3-6,12-14H,7-11H2,1-2H3. The van der Waals surface area contributed by atoms with Crippen LogP contribution in [0.2, 0.25) is 0 Å². The summed E-state index contributed by atoms with van der Waals surface area (Å²) in [5.74, 6) is -0.900. The van der Waals surface area contributed by atoms with Crippen molar-refractivity contribution in [1.29, 1.82) is 0 Å². The molecule has 0 aliphatic carbocycles. The van der Waals surface area contributed by atoms with Gasteiger partial charge in [0.1, 0.15) is 56.1 Å². The summed E-state index contributed by atoms with van der Waals surface area (Å²) >= 11 is 2.97. The van der Waals surface area contributed by atoms with E-state index in [1.807, 2.05) is 57.0 Å². The number of nitrogens with zero attached hydrogens (tertiary/aromatic N) is 6. The highest BCUT2D eigenvalue weighted by atomic mass is 32.2. The first kappa shape index (κ1) is 48.4. The fourth-order valence-electron chi connectivity index (χ4n) is 7.34. The van der Waals surface area contributed by atoms with Crippen molar-refractivity contribution in [2.75, 3.05) is 90.6 Å². The second-order valence-electron chi connectivity index (χ2n) is 14.9. The zero-order chi connectivity index (χ0) is 47.2. The Morgan fingerprint density at radius 1 is 0.515 bits per heavy atom. The zero-order valence-electron chi connectivity index (χ0n) is 36.2. The van der Waals surface area contributed by atoms with Crippen LogP contribution in [-0.2, 0) is 32.9 Å². The Morgan fingerprint density at radius 3 is 1.39 bits per heavy atom. The Bertz CT molecular complexity index is 2870. The third kappa shape index (κ3) is 11.0. The van der Waals surface area contributed by atoms with Crippen molar-refractivity contribution < 1.29 is 53.3 Å². The highest BCUT2D eigenvalue weighted by molar-refractivity contribution is 7.89. The average molecular weight is 991 g/mol. The summed E-state index contributed by atoms with van der Waals surface area (Å²) in [4.78, 5) is 12.4. The molecular formula is C44H46F4N6O8S4. The maximum absolute atomic E-state index is 14.0. The van der Waals surface area contributed by atoms with E-state index in [0.29, 0.717) is 56.9 Å². The monoisotopic (exact) mass is 990 g/mol. The molecule has 8 rings (SSSR count). The molecule has 0 atom stereocenters. The highest BCUT2D eigenvalue weighted by Crippen LogP contribution is 2.32. The van der Waals surface area contributed by atoms with Crippen molar-refractivity contribution >= 4 is 53.0 Å². The fraction of sp³-hybridized carbons (Fsp3) is 0.318. The molecule has 0 saturated carbocycles. The first-order valence-corrected chi connectivity index (χ1v) is 25.0. The van der Waals surface area contributed by atoms with E-state index in [4.69, 9.17) is 28.9 Å². The molecule has 0 N–H and O–H groups in total. The number of hydrogen-bond donors (Lipinski definition) is 0. The zero-order valence-corrected chi connectivity index (χ0v) is 39.5. The second-order valence-corrected chi connectivity index (χ2v) is 20.4. The average Bonchev–Trinajstić information content (AvgIpc) is 3.99. The van der Waals surface area contributed by atoms with Crippen molar-refractivity contribution in [2.24, 2.45) is 0 Å². The number of thiazole rings is 2. The number of piperazine rings is 2. The van der Waals surface area contributed by atoms with Crippen molar-refractivity contribution in [3.05, 3.63) is 129 Å². The van der Waals surface area contributed by atoms with E-state index >= 15 is 0 Å². The number of benzene rings is 4. The van der Waals surface area contributed by atoms with Gasteiger partial charge in [0.05, 0.1) is 39.8 Å². The van der Waals surface area contributed by atoms with Crippen molar-refractivity contribution in [2.45, 2.75) is 22.6 Å². The lowest BCUT2D eigenvalue weighted by molar-refractivity contribution is 0.381. The van der Waals surface area contributed by atoms with Gasteiger partial charge in [-0.1, -0.05) is 6.07 Å². The quantitative estimate of drug-likeness (QED) is 0.103. The summed E-state index contributed by atoms with van der Waals surface area (Å²) in [7, 11) is -1.65. The minimum Gasteiger partial charge on any atom is -0.497 e. The Balaban J connectivity index is 0.000000196. The lowest BCUT2D eigenvalue weighted by atomic mass is 10.1. The molecule has 2 aliphatic rings. The Morgan fingerprint density at radius 2 is 0.955 bits per heavy atom. The van der Waals surface area contributed by atoms with E-state index in [1.54, 1.807) is 28.4 Å². The van der Waals surface area contributed by atoms with E-state index in [2.05, 4.69) is 0 Å². The van der Waals surface area contributed by atoms with Gasteiger partial charge in [-0.2, -0.15) is 8.61 Å². The second kappa shape index (κ2) is 21.0. The molecule has 0 unspecified atom stereocenters. The third-order valence-corrected chi connectivity index (χ3v) is 16.6. The number of ether oxygens (including phenoxy) is 4. The van der Waals surface area contributed by atoms with E-state index < -0.39 is 53.1 Å². The predicted octanol–water partition coefficient (Wildman–Crippen LogP) is 7.08. The molecule has 66 heavy (non-hydrogen) atoms. The normalized spacial score (nSPS) is 15.0. The molecule has 22 heteroatoms. The van der Waals surface area contributed by atoms with Crippen LogP contribution in [0.25, 0.3) is 0 Å². The number of anilines is 2. The van der Waals surface area contributed by atoms with Gasteiger partial charge in [0.15, 0.2) is 10.3 Å². The Labute approximate surface area is 388 Å². The number of methoxy groups -OCH3 is 4. The van der Waals surface area contributed by atoms with Crippen LogP contribution in [0.3, 0.4) is 0 Å². The van der Waals surface area contributed by atoms with Gasteiger partial charge in [0.25, 0.3) is 0 Å². The van der Waals surface area contributed by atoms with Gasteiger partial charge in [0.2, 0.25) is 20.0 Å². The van der Waals surface area contributed by atoms with Crippen LogP contribution >= 0.6 is 22.7 Å². The van der Waals surface area contributed by atoms with Crippen LogP contribution in [-0.4, -0.2) is 116 Å². The number of halogens is 4. The number of hydrogen-bond acceptors (Lipinski definition) is 14. The van der Waals surface area contributed by atoms with Gasteiger partial charge in [-0.15, -0.1) is 22.7 Å². The minimum atomic E-state index is -4.04. The summed E-state index contributed by atoms with van der Waals surface area (Å²) < 4.78 is 129. The van der Waals surface area contributed by atoms with E-state index in [1.165, 1.54) is 31.3 Å². The molecule has 0 radical (unpaired) electrons. The van der Waals surface area contributed by atoms with Crippen molar-refractivity contribution in [3.63, 3.8) is 0 Å². The molecule has 2 saturated heterocycles. The fourth-order valence-corrected chi connectivity index (χ4v) is 12.0. The Hall–Kier alpha value is -5.52. The minimum absolute atomic E-state index is 0.178. The van der Waals surface area contributed by atoms with E-state index in [0.717, 1.165) is 74.3 Å².